The Labute approximate surface area is 142 Å². The minimum Gasteiger partial charge on any atom is -0.211 e. The van der Waals surface area contributed by atoms with Crippen molar-refractivity contribution in [3.05, 3.63) is 29.8 Å². The standard InChI is InChI=1S/C19H33NO2S/c1-4-5-6-7-8-9-10-15-20-23(21,22)19-13-11-18(12-14-19)16-17(2)3/h11-14,17,20H,4-10,15-16H2,1-3H3. The third kappa shape index (κ3) is 8.52. The van der Waals surface area contributed by atoms with Gasteiger partial charge in [-0.25, -0.2) is 13.1 Å². The average molecular weight is 340 g/mol. The van der Waals surface area contributed by atoms with Crippen LogP contribution in [0.25, 0.3) is 0 Å². The highest BCUT2D eigenvalue weighted by Crippen LogP contribution is 2.14. The molecule has 0 atom stereocenters. The number of nitrogens with one attached hydrogen (secondary N) is 1. The number of benzene rings is 1. The first kappa shape index (κ1) is 20.2. The molecule has 23 heavy (non-hydrogen) atoms. The molecule has 0 aliphatic rings. The minimum absolute atomic E-state index is 0.368. The van der Waals surface area contributed by atoms with Gasteiger partial charge in [-0.1, -0.05) is 71.4 Å². The van der Waals surface area contributed by atoms with E-state index in [9.17, 15) is 8.42 Å². The predicted molar refractivity (Wildman–Crippen MR) is 98.2 cm³/mol. The molecule has 1 rings (SSSR count). The van der Waals surface area contributed by atoms with Crippen LogP contribution in [0.15, 0.2) is 29.2 Å². The fourth-order valence-corrected chi connectivity index (χ4v) is 3.72. The summed E-state index contributed by atoms with van der Waals surface area (Å²) in [5.74, 6) is 0.577. The van der Waals surface area contributed by atoms with Crippen molar-refractivity contribution in [1.82, 2.24) is 4.72 Å². The van der Waals surface area contributed by atoms with E-state index in [-0.39, 0.29) is 0 Å². The van der Waals surface area contributed by atoms with Crippen LogP contribution in [-0.2, 0) is 16.4 Å². The molecule has 0 aromatic heterocycles. The number of sulfonamides is 1. The zero-order chi connectivity index (χ0) is 17.1. The molecule has 1 N–H and O–H groups in total. The highest BCUT2D eigenvalue weighted by Gasteiger charge is 2.12. The predicted octanol–water partition coefficient (Wildman–Crippen LogP) is 4.91. The second-order valence-electron chi connectivity index (χ2n) is 6.76. The van der Waals surface area contributed by atoms with Gasteiger partial charge in [0.25, 0.3) is 0 Å². The van der Waals surface area contributed by atoms with E-state index in [0.717, 1.165) is 19.3 Å². The zero-order valence-electron chi connectivity index (χ0n) is 15.0. The SMILES string of the molecule is CCCCCCCCCNS(=O)(=O)c1ccc(CC(C)C)cc1. The fourth-order valence-electron chi connectivity index (χ4n) is 2.65. The summed E-state index contributed by atoms with van der Waals surface area (Å²) < 4.78 is 27.2. The molecule has 0 aliphatic carbocycles. The van der Waals surface area contributed by atoms with Gasteiger partial charge in [-0.05, 0) is 36.5 Å². The third-order valence-electron chi connectivity index (χ3n) is 3.95. The van der Waals surface area contributed by atoms with Gasteiger partial charge in [0, 0.05) is 6.54 Å². The van der Waals surface area contributed by atoms with Crippen LogP contribution in [0.3, 0.4) is 0 Å². The second kappa shape index (κ2) is 10.8. The largest absolute Gasteiger partial charge is 0.240 e. The molecule has 0 heterocycles. The molecule has 0 amide bonds. The van der Waals surface area contributed by atoms with Gasteiger partial charge in [0.2, 0.25) is 10.0 Å². The first-order valence-corrected chi connectivity index (χ1v) is 10.5. The van der Waals surface area contributed by atoms with Crippen molar-refractivity contribution in [3.63, 3.8) is 0 Å². The Morgan fingerprint density at radius 2 is 1.48 bits per heavy atom. The van der Waals surface area contributed by atoms with Crippen LogP contribution >= 0.6 is 0 Å². The summed E-state index contributed by atoms with van der Waals surface area (Å²) in [6.07, 6.45) is 9.31. The van der Waals surface area contributed by atoms with E-state index in [2.05, 4.69) is 25.5 Å². The lowest BCUT2D eigenvalue weighted by Crippen LogP contribution is -2.24. The van der Waals surface area contributed by atoms with Crippen molar-refractivity contribution in [1.29, 1.82) is 0 Å². The van der Waals surface area contributed by atoms with Crippen molar-refractivity contribution in [2.75, 3.05) is 6.54 Å². The highest BCUT2D eigenvalue weighted by molar-refractivity contribution is 7.89. The lowest BCUT2D eigenvalue weighted by Gasteiger charge is -2.09. The molecule has 3 nitrogen and oxygen atoms in total. The van der Waals surface area contributed by atoms with Crippen LogP contribution in [-0.4, -0.2) is 15.0 Å². The molecule has 0 saturated heterocycles. The van der Waals surface area contributed by atoms with Crippen molar-refractivity contribution >= 4 is 10.0 Å². The van der Waals surface area contributed by atoms with E-state index >= 15 is 0 Å². The van der Waals surface area contributed by atoms with Crippen molar-refractivity contribution in [2.45, 2.75) is 77.0 Å². The maximum atomic E-state index is 12.2. The normalized spacial score (nSPS) is 12.0. The molecule has 0 unspecified atom stereocenters. The average Bonchev–Trinajstić information content (AvgIpc) is 2.50. The summed E-state index contributed by atoms with van der Waals surface area (Å²) in [7, 11) is -3.36. The van der Waals surface area contributed by atoms with Gasteiger partial charge in [-0.2, -0.15) is 0 Å². The topological polar surface area (TPSA) is 46.2 Å². The first-order chi connectivity index (χ1) is 11.0. The van der Waals surface area contributed by atoms with E-state index < -0.39 is 10.0 Å². The van der Waals surface area contributed by atoms with Crippen LogP contribution in [0.1, 0.15) is 71.3 Å². The number of rotatable bonds is 12. The molecule has 0 saturated carbocycles. The Balaban J connectivity index is 2.32. The van der Waals surface area contributed by atoms with E-state index in [4.69, 9.17) is 0 Å². The van der Waals surface area contributed by atoms with E-state index in [1.807, 2.05) is 12.1 Å². The van der Waals surface area contributed by atoms with Crippen LogP contribution < -0.4 is 4.72 Å². The van der Waals surface area contributed by atoms with Gasteiger partial charge in [-0.3, -0.25) is 0 Å². The molecule has 0 radical (unpaired) electrons. The number of hydrogen-bond donors (Lipinski definition) is 1. The molecule has 1 aromatic carbocycles. The maximum absolute atomic E-state index is 12.2. The Bertz CT molecular complexity index is 521. The van der Waals surface area contributed by atoms with Crippen LogP contribution in [0.5, 0.6) is 0 Å². The molecule has 132 valence electrons. The van der Waals surface area contributed by atoms with Crippen molar-refractivity contribution in [3.8, 4) is 0 Å². The first-order valence-electron chi connectivity index (χ1n) is 9.04. The number of unbranched alkanes of at least 4 members (excludes halogenated alkanes) is 6. The summed E-state index contributed by atoms with van der Waals surface area (Å²) in [5, 5.41) is 0. The quantitative estimate of drug-likeness (QED) is 0.550. The van der Waals surface area contributed by atoms with Crippen LogP contribution in [0.2, 0.25) is 0 Å². The third-order valence-corrected chi connectivity index (χ3v) is 5.43. The number of hydrogen-bond acceptors (Lipinski definition) is 2. The van der Waals surface area contributed by atoms with Gasteiger partial charge in [0.1, 0.15) is 0 Å². The molecule has 4 heteroatoms. The minimum atomic E-state index is -3.36. The van der Waals surface area contributed by atoms with Gasteiger partial charge >= 0.3 is 0 Å². The molecule has 0 aliphatic heterocycles. The molecule has 0 spiro atoms. The Kier molecular flexibility index (Phi) is 9.49. The molecule has 1 aromatic rings. The van der Waals surface area contributed by atoms with Gasteiger partial charge in [0.15, 0.2) is 0 Å². The van der Waals surface area contributed by atoms with Gasteiger partial charge in [-0.15, -0.1) is 0 Å². The van der Waals surface area contributed by atoms with E-state index in [0.29, 0.717) is 17.4 Å². The highest BCUT2D eigenvalue weighted by atomic mass is 32.2. The zero-order valence-corrected chi connectivity index (χ0v) is 15.8. The maximum Gasteiger partial charge on any atom is 0.240 e. The van der Waals surface area contributed by atoms with Crippen molar-refractivity contribution in [2.24, 2.45) is 5.92 Å². The Morgan fingerprint density at radius 1 is 0.913 bits per heavy atom. The second-order valence-corrected chi connectivity index (χ2v) is 8.53. The summed E-state index contributed by atoms with van der Waals surface area (Å²) in [6.45, 7) is 7.07. The van der Waals surface area contributed by atoms with Crippen molar-refractivity contribution < 1.29 is 8.42 Å². The Morgan fingerprint density at radius 3 is 2.04 bits per heavy atom. The fraction of sp³-hybridized carbons (Fsp3) is 0.684. The summed E-state index contributed by atoms with van der Waals surface area (Å²) >= 11 is 0. The van der Waals surface area contributed by atoms with Crippen LogP contribution in [0, 0.1) is 5.92 Å². The molecule has 0 bridgehead atoms. The van der Waals surface area contributed by atoms with Crippen LogP contribution in [0.4, 0.5) is 0 Å². The monoisotopic (exact) mass is 339 g/mol. The van der Waals surface area contributed by atoms with E-state index in [1.54, 1.807) is 12.1 Å². The lowest BCUT2D eigenvalue weighted by atomic mass is 10.0. The summed E-state index contributed by atoms with van der Waals surface area (Å²) in [6, 6.07) is 7.26. The lowest BCUT2D eigenvalue weighted by molar-refractivity contribution is 0.563. The molecular formula is C19H33NO2S. The van der Waals surface area contributed by atoms with E-state index in [1.165, 1.54) is 37.7 Å². The summed E-state index contributed by atoms with van der Waals surface area (Å²) in [5.41, 5.74) is 1.19. The smallest absolute Gasteiger partial charge is 0.211 e. The molecular weight excluding hydrogens is 306 g/mol. The van der Waals surface area contributed by atoms with Gasteiger partial charge in [0.05, 0.1) is 4.90 Å². The Hall–Kier alpha value is -0.870. The van der Waals surface area contributed by atoms with Gasteiger partial charge < -0.3 is 0 Å². The summed E-state index contributed by atoms with van der Waals surface area (Å²) in [4.78, 5) is 0.368. The molecule has 0 fully saturated rings.